The van der Waals surface area contributed by atoms with Gasteiger partial charge in [0.25, 0.3) is 0 Å². The fourth-order valence-electron chi connectivity index (χ4n) is 1.53. The fourth-order valence-corrected chi connectivity index (χ4v) is 2.57. The number of hydrogen-bond donors (Lipinski definition) is 0. The normalized spacial score (nSPS) is 29.3. The zero-order valence-electron chi connectivity index (χ0n) is 8.12. The molecule has 1 nitrogen and oxygen atoms in total. The lowest BCUT2D eigenvalue weighted by molar-refractivity contribution is 0.234. The van der Waals surface area contributed by atoms with Gasteiger partial charge >= 0.3 is 0 Å². The van der Waals surface area contributed by atoms with Gasteiger partial charge in [-0.1, -0.05) is 13.0 Å². The van der Waals surface area contributed by atoms with Crippen LogP contribution in [0.1, 0.15) is 13.8 Å². The molecule has 1 heterocycles. The molecule has 0 amide bonds. The van der Waals surface area contributed by atoms with E-state index in [1.54, 1.807) is 0 Å². The van der Waals surface area contributed by atoms with Crippen LogP contribution >= 0.6 is 11.8 Å². The van der Waals surface area contributed by atoms with E-state index in [4.69, 9.17) is 0 Å². The summed E-state index contributed by atoms with van der Waals surface area (Å²) in [4.78, 5) is 2.53. The average molecular weight is 185 g/mol. The Bertz CT molecular complexity index is 147. The summed E-state index contributed by atoms with van der Waals surface area (Å²) in [7, 11) is 0. The molecule has 1 aliphatic heterocycles. The zero-order valence-corrected chi connectivity index (χ0v) is 8.94. The lowest BCUT2D eigenvalue weighted by Crippen LogP contribution is -2.35. The molecule has 0 radical (unpaired) electrons. The Morgan fingerprint density at radius 3 is 3.08 bits per heavy atom. The van der Waals surface area contributed by atoms with Crippen molar-refractivity contribution in [3.63, 3.8) is 0 Å². The first-order valence-corrected chi connectivity index (χ1v) is 5.84. The van der Waals surface area contributed by atoms with Crippen molar-refractivity contribution in [1.82, 2.24) is 4.90 Å². The van der Waals surface area contributed by atoms with Crippen LogP contribution in [0.5, 0.6) is 0 Å². The first-order chi connectivity index (χ1) is 5.74. The summed E-state index contributed by atoms with van der Waals surface area (Å²) in [5.41, 5.74) is 0. The third-order valence-electron chi connectivity index (χ3n) is 2.39. The Morgan fingerprint density at radius 1 is 1.67 bits per heavy atom. The molecule has 0 aromatic heterocycles. The molecule has 12 heavy (non-hydrogen) atoms. The van der Waals surface area contributed by atoms with Crippen LogP contribution < -0.4 is 0 Å². The van der Waals surface area contributed by atoms with E-state index in [1.807, 2.05) is 6.08 Å². The minimum atomic E-state index is 0.547. The van der Waals surface area contributed by atoms with Crippen LogP contribution in [-0.2, 0) is 0 Å². The van der Waals surface area contributed by atoms with Crippen molar-refractivity contribution < 1.29 is 0 Å². The molecule has 2 heteroatoms. The molecule has 1 saturated heterocycles. The molecule has 2 atom stereocenters. The van der Waals surface area contributed by atoms with Gasteiger partial charge in [0.05, 0.1) is 0 Å². The van der Waals surface area contributed by atoms with Crippen molar-refractivity contribution in [3.8, 4) is 0 Å². The number of nitrogens with zero attached hydrogens (tertiary/aromatic N) is 1. The van der Waals surface area contributed by atoms with Gasteiger partial charge in [-0.3, -0.25) is 4.90 Å². The SMILES string of the molecule is C=CC(C)N1CCSCC(C)C1. The van der Waals surface area contributed by atoms with E-state index in [0.717, 1.165) is 5.92 Å². The summed E-state index contributed by atoms with van der Waals surface area (Å²) >= 11 is 2.08. The second kappa shape index (κ2) is 4.93. The molecule has 1 rings (SSSR count). The lowest BCUT2D eigenvalue weighted by Gasteiger charge is -2.26. The highest BCUT2D eigenvalue weighted by molar-refractivity contribution is 7.99. The van der Waals surface area contributed by atoms with E-state index in [2.05, 4.69) is 37.1 Å². The van der Waals surface area contributed by atoms with Crippen molar-refractivity contribution in [2.24, 2.45) is 5.92 Å². The summed E-state index contributed by atoms with van der Waals surface area (Å²) in [5.74, 6) is 3.43. The maximum Gasteiger partial charge on any atom is 0.0247 e. The molecule has 1 aliphatic rings. The summed E-state index contributed by atoms with van der Waals surface area (Å²) in [6.45, 7) is 10.9. The molecule has 0 aliphatic carbocycles. The lowest BCUT2D eigenvalue weighted by atomic mass is 10.1. The van der Waals surface area contributed by atoms with Gasteiger partial charge in [-0.15, -0.1) is 6.58 Å². The quantitative estimate of drug-likeness (QED) is 0.607. The molecule has 0 aromatic carbocycles. The Balaban J connectivity index is 2.45. The van der Waals surface area contributed by atoms with Gasteiger partial charge in [0.2, 0.25) is 0 Å². The smallest absolute Gasteiger partial charge is 0.0247 e. The largest absolute Gasteiger partial charge is 0.296 e. The Labute approximate surface area is 80.2 Å². The predicted molar refractivity (Wildman–Crippen MR) is 57.7 cm³/mol. The molecular weight excluding hydrogens is 166 g/mol. The van der Waals surface area contributed by atoms with E-state index in [1.165, 1.54) is 24.6 Å². The molecule has 0 spiro atoms. The van der Waals surface area contributed by atoms with Crippen molar-refractivity contribution in [2.75, 3.05) is 24.6 Å². The van der Waals surface area contributed by atoms with Gasteiger partial charge in [-0.25, -0.2) is 0 Å². The van der Waals surface area contributed by atoms with E-state index in [0.29, 0.717) is 6.04 Å². The molecule has 0 aromatic rings. The minimum absolute atomic E-state index is 0.547. The predicted octanol–water partition coefficient (Wildman–Crippen LogP) is 2.25. The highest BCUT2D eigenvalue weighted by atomic mass is 32.2. The molecular formula is C10H19NS. The Hall–Kier alpha value is 0.0500. The molecule has 2 unspecified atom stereocenters. The van der Waals surface area contributed by atoms with Gasteiger partial charge in [-0.2, -0.15) is 11.8 Å². The van der Waals surface area contributed by atoms with E-state index < -0.39 is 0 Å². The van der Waals surface area contributed by atoms with Crippen LogP contribution in [0.4, 0.5) is 0 Å². The number of rotatable bonds is 2. The molecule has 70 valence electrons. The first-order valence-electron chi connectivity index (χ1n) is 4.68. The van der Waals surface area contributed by atoms with Crippen molar-refractivity contribution >= 4 is 11.8 Å². The van der Waals surface area contributed by atoms with Gasteiger partial charge in [0.15, 0.2) is 0 Å². The van der Waals surface area contributed by atoms with Crippen molar-refractivity contribution in [3.05, 3.63) is 12.7 Å². The van der Waals surface area contributed by atoms with Crippen LogP contribution in [0.3, 0.4) is 0 Å². The maximum absolute atomic E-state index is 3.84. The molecule has 0 saturated carbocycles. The van der Waals surface area contributed by atoms with Gasteiger partial charge in [-0.05, 0) is 18.6 Å². The molecule has 0 N–H and O–H groups in total. The van der Waals surface area contributed by atoms with Gasteiger partial charge in [0.1, 0.15) is 0 Å². The number of hydrogen-bond acceptors (Lipinski definition) is 2. The van der Waals surface area contributed by atoms with Crippen LogP contribution in [0.25, 0.3) is 0 Å². The van der Waals surface area contributed by atoms with Crippen molar-refractivity contribution in [1.29, 1.82) is 0 Å². The van der Waals surface area contributed by atoms with Crippen LogP contribution in [0, 0.1) is 5.92 Å². The third-order valence-corrected chi connectivity index (χ3v) is 3.66. The first kappa shape index (κ1) is 10.1. The van der Waals surface area contributed by atoms with Crippen LogP contribution in [0.2, 0.25) is 0 Å². The van der Waals surface area contributed by atoms with E-state index in [9.17, 15) is 0 Å². The van der Waals surface area contributed by atoms with E-state index >= 15 is 0 Å². The van der Waals surface area contributed by atoms with Crippen LogP contribution in [0.15, 0.2) is 12.7 Å². The summed E-state index contributed by atoms with van der Waals surface area (Å²) in [6.07, 6.45) is 2.04. The van der Waals surface area contributed by atoms with Crippen LogP contribution in [-0.4, -0.2) is 35.5 Å². The highest BCUT2D eigenvalue weighted by Crippen LogP contribution is 2.17. The summed E-state index contributed by atoms with van der Waals surface area (Å²) < 4.78 is 0. The third kappa shape index (κ3) is 2.83. The standard InChI is InChI=1S/C10H19NS/c1-4-10(3)11-5-6-12-8-9(2)7-11/h4,9-10H,1,5-8H2,2-3H3. The van der Waals surface area contributed by atoms with Crippen molar-refractivity contribution in [2.45, 2.75) is 19.9 Å². The highest BCUT2D eigenvalue weighted by Gasteiger charge is 2.17. The van der Waals surface area contributed by atoms with E-state index in [-0.39, 0.29) is 0 Å². The molecule has 0 bridgehead atoms. The van der Waals surface area contributed by atoms with Gasteiger partial charge < -0.3 is 0 Å². The topological polar surface area (TPSA) is 3.24 Å². The Morgan fingerprint density at radius 2 is 2.42 bits per heavy atom. The zero-order chi connectivity index (χ0) is 8.97. The number of thioether (sulfide) groups is 1. The maximum atomic E-state index is 3.84. The summed E-state index contributed by atoms with van der Waals surface area (Å²) in [5, 5.41) is 0. The second-order valence-electron chi connectivity index (χ2n) is 3.65. The minimum Gasteiger partial charge on any atom is -0.296 e. The molecule has 1 fully saturated rings. The Kier molecular flexibility index (Phi) is 4.16. The monoisotopic (exact) mass is 185 g/mol. The average Bonchev–Trinajstić information content (AvgIpc) is 2.28. The second-order valence-corrected chi connectivity index (χ2v) is 4.80. The fraction of sp³-hybridized carbons (Fsp3) is 0.800. The van der Waals surface area contributed by atoms with Gasteiger partial charge in [0, 0.05) is 24.9 Å². The summed E-state index contributed by atoms with van der Waals surface area (Å²) in [6, 6.07) is 0.547.